The van der Waals surface area contributed by atoms with Gasteiger partial charge in [-0.1, -0.05) is 24.0 Å². The molecule has 3 N–H and O–H groups in total. The Morgan fingerprint density at radius 1 is 1.17 bits per heavy atom. The van der Waals surface area contributed by atoms with E-state index in [2.05, 4.69) is 22.1 Å². The van der Waals surface area contributed by atoms with Gasteiger partial charge in [0.1, 0.15) is 6.04 Å². The van der Waals surface area contributed by atoms with E-state index in [1.165, 1.54) is 11.1 Å². The van der Waals surface area contributed by atoms with E-state index in [4.69, 9.17) is 14.4 Å². The molecule has 214 valence electrons. The lowest BCUT2D eigenvalue weighted by Gasteiger charge is -2.32. The first kappa shape index (κ1) is 28.9. The second-order valence-electron chi connectivity index (χ2n) is 11.4. The molecule has 3 amide bonds. The SMILES string of the molecule is CC1(C)OB(c2cnc(S(N)(=O)=O)c(CCC#Cc3cccc4c3CN(C3CCC(=O)NC3=O)C4=O)c2)OC1(C)C. The zero-order chi connectivity index (χ0) is 29.7. The number of piperidine rings is 1. The molecule has 13 heteroatoms. The number of carbonyl (C=O) groups is 3. The number of imide groups is 1. The summed E-state index contributed by atoms with van der Waals surface area (Å²) in [5, 5.41) is 7.50. The third-order valence-corrected chi connectivity index (χ3v) is 8.97. The molecule has 1 atom stereocenters. The number of nitrogens with one attached hydrogen (secondary N) is 1. The zero-order valence-electron chi connectivity index (χ0n) is 23.3. The molecule has 0 spiro atoms. The summed E-state index contributed by atoms with van der Waals surface area (Å²) < 4.78 is 36.7. The van der Waals surface area contributed by atoms with Crippen molar-refractivity contribution in [1.82, 2.24) is 15.2 Å². The van der Waals surface area contributed by atoms with Gasteiger partial charge in [-0.3, -0.25) is 19.7 Å². The molecule has 11 nitrogen and oxygen atoms in total. The second-order valence-corrected chi connectivity index (χ2v) is 12.9. The molecular weight excluding hydrogens is 547 g/mol. The fraction of sp³-hybridized carbons (Fsp3) is 0.429. The van der Waals surface area contributed by atoms with Gasteiger partial charge in [0.15, 0.2) is 5.03 Å². The summed E-state index contributed by atoms with van der Waals surface area (Å²) in [5.74, 6) is 5.07. The Morgan fingerprint density at radius 3 is 2.54 bits per heavy atom. The highest BCUT2D eigenvalue weighted by Crippen LogP contribution is 2.36. The first-order valence-electron chi connectivity index (χ1n) is 13.3. The molecule has 0 radical (unpaired) electrons. The van der Waals surface area contributed by atoms with Gasteiger partial charge < -0.3 is 14.2 Å². The molecule has 1 aromatic carbocycles. The second kappa shape index (κ2) is 10.4. The molecule has 2 fully saturated rings. The number of amides is 3. The molecule has 0 bridgehead atoms. The highest BCUT2D eigenvalue weighted by Gasteiger charge is 2.52. The number of aryl methyl sites for hydroxylation is 1. The number of nitrogens with two attached hydrogens (primary N) is 1. The summed E-state index contributed by atoms with van der Waals surface area (Å²) in [7, 11) is -4.80. The minimum Gasteiger partial charge on any atom is -0.399 e. The van der Waals surface area contributed by atoms with E-state index in [0.717, 1.165) is 0 Å². The maximum atomic E-state index is 13.1. The number of nitrogens with zero attached hydrogens (tertiary/aromatic N) is 2. The van der Waals surface area contributed by atoms with Crippen LogP contribution in [0.15, 0.2) is 35.5 Å². The molecule has 1 aromatic heterocycles. The number of benzene rings is 1. The molecule has 3 aliphatic heterocycles. The first-order chi connectivity index (χ1) is 19.2. The number of pyridine rings is 1. The number of hydrogen-bond donors (Lipinski definition) is 2. The predicted molar refractivity (Wildman–Crippen MR) is 149 cm³/mol. The van der Waals surface area contributed by atoms with Gasteiger partial charge in [-0.2, -0.15) is 0 Å². The Labute approximate surface area is 239 Å². The van der Waals surface area contributed by atoms with Crippen LogP contribution in [0.1, 0.15) is 74.0 Å². The van der Waals surface area contributed by atoms with E-state index in [1.54, 1.807) is 24.3 Å². The van der Waals surface area contributed by atoms with Gasteiger partial charge in [-0.05, 0) is 63.8 Å². The normalized spacial score (nSPS) is 21.4. The topological polar surface area (TPSA) is 158 Å². The van der Waals surface area contributed by atoms with Crippen molar-refractivity contribution in [2.75, 3.05) is 0 Å². The predicted octanol–water partition coefficient (Wildman–Crippen LogP) is 0.774. The minimum absolute atomic E-state index is 0.175. The molecule has 3 aliphatic rings. The quantitative estimate of drug-likeness (QED) is 0.299. The van der Waals surface area contributed by atoms with Gasteiger partial charge >= 0.3 is 7.12 Å². The minimum atomic E-state index is -4.09. The molecular formula is C28H31BN4O7S. The molecule has 5 rings (SSSR count). The van der Waals surface area contributed by atoms with Crippen LogP contribution in [0, 0.1) is 11.8 Å². The van der Waals surface area contributed by atoms with E-state index in [0.29, 0.717) is 27.7 Å². The van der Waals surface area contributed by atoms with Crippen molar-refractivity contribution in [1.29, 1.82) is 0 Å². The Bertz CT molecular complexity index is 1610. The van der Waals surface area contributed by atoms with Gasteiger partial charge in [0.2, 0.25) is 11.8 Å². The van der Waals surface area contributed by atoms with Crippen molar-refractivity contribution in [3.8, 4) is 11.8 Å². The summed E-state index contributed by atoms with van der Waals surface area (Å²) >= 11 is 0. The summed E-state index contributed by atoms with van der Waals surface area (Å²) in [6, 6.07) is 6.18. The largest absolute Gasteiger partial charge is 0.496 e. The molecule has 41 heavy (non-hydrogen) atoms. The average Bonchev–Trinajstić information content (AvgIpc) is 3.33. The van der Waals surface area contributed by atoms with E-state index < -0.39 is 40.3 Å². The van der Waals surface area contributed by atoms with Crippen LogP contribution >= 0.6 is 0 Å². The summed E-state index contributed by atoms with van der Waals surface area (Å²) in [6.45, 7) is 7.91. The van der Waals surface area contributed by atoms with Crippen molar-refractivity contribution >= 4 is 40.3 Å². The fourth-order valence-corrected chi connectivity index (χ4v) is 5.84. The van der Waals surface area contributed by atoms with Crippen molar-refractivity contribution < 1.29 is 32.1 Å². The van der Waals surface area contributed by atoms with Crippen LogP contribution in [0.4, 0.5) is 0 Å². The Hall–Kier alpha value is -3.57. The molecule has 2 saturated heterocycles. The maximum Gasteiger partial charge on any atom is 0.496 e. The van der Waals surface area contributed by atoms with Crippen LogP contribution < -0.4 is 15.9 Å². The molecule has 1 unspecified atom stereocenters. The lowest BCUT2D eigenvalue weighted by Crippen LogP contribution is -2.52. The van der Waals surface area contributed by atoms with Crippen LogP contribution in [0.2, 0.25) is 0 Å². The highest BCUT2D eigenvalue weighted by molar-refractivity contribution is 7.89. The van der Waals surface area contributed by atoms with Gasteiger partial charge in [-0.25, -0.2) is 18.5 Å². The van der Waals surface area contributed by atoms with Crippen LogP contribution in [0.5, 0.6) is 0 Å². The van der Waals surface area contributed by atoms with E-state index in [-0.39, 0.29) is 49.1 Å². The third kappa shape index (κ3) is 5.52. The van der Waals surface area contributed by atoms with Crippen molar-refractivity contribution in [3.63, 3.8) is 0 Å². The summed E-state index contributed by atoms with van der Waals surface area (Å²) in [4.78, 5) is 42.6. The first-order valence-corrected chi connectivity index (χ1v) is 14.9. The van der Waals surface area contributed by atoms with Gasteiger partial charge in [0.05, 0.1) is 11.2 Å². The zero-order valence-corrected chi connectivity index (χ0v) is 24.1. The number of hydrogen-bond acceptors (Lipinski definition) is 8. The molecule has 4 heterocycles. The molecule has 2 aromatic rings. The fourth-order valence-electron chi connectivity index (χ4n) is 5.12. The maximum absolute atomic E-state index is 13.1. The van der Waals surface area contributed by atoms with Crippen LogP contribution in [0.25, 0.3) is 0 Å². The van der Waals surface area contributed by atoms with Gasteiger partial charge in [-0.15, -0.1) is 0 Å². The number of sulfonamides is 1. The van der Waals surface area contributed by atoms with Crippen LogP contribution in [-0.4, -0.2) is 60.4 Å². The standard InChI is InChI=1S/C28H31BN4O7S/c1-27(2)28(3,4)40-29(39-27)19-14-18(25(31-15-19)41(30,37)38)9-6-5-8-17-10-7-11-20-21(17)16-33(26(20)36)22-12-13-23(34)32-24(22)35/h7,10-11,14-15,22H,6,9,12-13,16H2,1-4H3,(H2,30,37,38)(H,32,34,35). The van der Waals surface area contributed by atoms with Crippen molar-refractivity contribution in [2.24, 2.45) is 5.14 Å². The van der Waals surface area contributed by atoms with Crippen molar-refractivity contribution in [2.45, 2.75) is 82.2 Å². The van der Waals surface area contributed by atoms with E-state index in [1.807, 2.05) is 27.7 Å². The van der Waals surface area contributed by atoms with Gasteiger partial charge in [0, 0.05) is 42.2 Å². The van der Waals surface area contributed by atoms with Crippen molar-refractivity contribution in [3.05, 3.63) is 52.7 Å². The van der Waals surface area contributed by atoms with E-state index >= 15 is 0 Å². The Kier molecular flexibility index (Phi) is 7.32. The number of fused-ring (bicyclic) bond motifs is 1. The molecule has 0 saturated carbocycles. The molecule has 0 aliphatic carbocycles. The number of primary sulfonamides is 1. The number of rotatable bonds is 5. The average molecular weight is 578 g/mol. The number of carbonyl (C=O) groups excluding carboxylic acids is 3. The van der Waals surface area contributed by atoms with E-state index in [9.17, 15) is 22.8 Å². The Balaban J connectivity index is 1.34. The highest BCUT2D eigenvalue weighted by atomic mass is 32.2. The smallest absolute Gasteiger partial charge is 0.399 e. The summed E-state index contributed by atoms with van der Waals surface area (Å²) in [5.41, 5.74) is 1.64. The Morgan fingerprint density at radius 2 is 1.88 bits per heavy atom. The van der Waals surface area contributed by atoms with Gasteiger partial charge in [0.25, 0.3) is 15.9 Å². The van der Waals surface area contributed by atoms with Crippen LogP contribution in [0.3, 0.4) is 0 Å². The lowest BCUT2D eigenvalue weighted by atomic mass is 9.79. The monoisotopic (exact) mass is 578 g/mol. The van der Waals surface area contributed by atoms with Crippen LogP contribution in [-0.2, 0) is 41.9 Å². The lowest BCUT2D eigenvalue weighted by molar-refractivity contribution is -0.136. The number of aromatic nitrogens is 1. The third-order valence-electron chi connectivity index (χ3n) is 8.07. The summed E-state index contributed by atoms with van der Waals surface area (Å²) in [6.07, 6.45) is 2.38.